The van der Waals surface area contributed by atoms with Crippen LogP contribution >= 0.6 is 0 Å². The van der Waals surface area contributed by atoms with Crippen LogP contribution in [0, 0.1) is 0 Å². The van der Waals surface area contributed by atoms with Gasteiger partial charge in [-0.25, -0.2) is 0 Å². The lowest BCUT2D eigenvalue weighted by molar-refractivity contribution is -0.123. The van der Waals surface area contributed by atoms with Gasteiger partial charge in [-0.2, -0.15) is 0 Å². The molecule has 0 aromatic heterocycles. The van der Waals surface area contributed by atoms with E-state index in [1.54, 1.807) is 4.90 Å². The van der Waals surface area contributed by atoms with Gasteiger partial charge in [-0.3, -0.25) is 19.3 Å². The van der Waals surface area contributed by atoms with Gasteiger partial charge in [0.15, 0.2) is 0 Å². The number of anilines is 3. The van der Waals surface area contributed by atoms with Gasteiger partial charge in [-0.05, 0) is 74.8 Å². The molecule has 3 heterocycles. The molecule has 2 saturated heterocycles. The lowest BCUT2D eigenvalue weighted by atomic mass is 9.95. The van der Waals surface area contributed by atoms with E-state index in [1.165, 1.54) is 0 Å². The fraction of sp³-hybridized carbons (Fsp3) is 0.464. The third-order valence-electron chi connectivity index (χ3n) is 7.49. The number of benzene rings is 2. The molecule has 2 aromatic rings. The third-order valence-corrected chi connectivity index (χ3v) is 7.49. The standard InChI is InChI=1S/C28H34N4O3/c1-2-20-10-4-5-11-22(20)29-26(33)19-32-25-18-21(27(34)30-15-7-3-8-16-30)13-14-23(25)31-17-9-6-12-24(31)28(32)35/h4-5,10-11,13-14,18,24H,2-3,6-9,12,15-17,19H2,1H3,(H,29,33)/t24-/m1/s1. The number of fused-ring (bicyclic) bond motifs is 3. The normalized spacial score (nSPS) is 19.7. The van der Waals surface area contributed by atoms with Gasteiger partial charge in [0.05, 0.1) is 11.4 Å². The second-order valence-corrected chi connectivity index (χ2v) is 9.74. The Morgan fingerprint density at radius 2 is 1.71 bits per heavy atom. The van der Waals surface area contributed by atoms with Crippen molar-refractivity contribution in [3.63, 3.8) is 0 Å². The molecule has 0 unspecified atom stereocenters. The molecule has 7 heteroatoms. The molecular weight excluding hydrogens is 440 g/mol. The molecule has 2 fully saturated rings. The summed E-state index contributed by atoms with van der Waals surface area (Å²) in [5.74, 6) is -0.289. The Morgan fingerprint density at radius 3 is 2.51 bits per heavy atom. The molecule has 1 N–H and O–H groups in total. The summed E-state index contributed by atoms with van der Waals surface area (Å²) in [6.07, 6.45) is 6.82. The van der Waals surface area contributed by atoms with Gasteiger partial charge < -0.3 is 15.1 Å². The van der Waals surface area contributed by atoms with E-state index in [-0.39, 0.29) is 30.3 Å². The molecule has 3 aliphatic rings. The van der Waals surface area contributed by atoms with E-state index in [2.05, 4.69) is 10.2 Å². The molecule has 35 heavy (non-hydrogen) atoms. The lowest BCUT2D eigenvalue weighted by Gasteiger charge is -2.45. The average molecular weight is 475 g/mol. The Hall–Kier alpha value is -3.35. The Bertz CT molecular complexity index is 1120. The van der Waals surface area contributed by atoms with Crippen molar-refractivity contribution < 1.29 is 14.4 Å². The number of aryl methyl sites for hydroxylation is 1. The smallest absolute Gasteiger partial charge is 0.253 e. The molecule has 0 spiro atoms. The number of para-hydroxylation sites is 1. The predicted octanol–water partition coefficient (Wildman–Crippen LogP) is 4.22. The van der Waals surface area contributed by atoms with Gasteiger partial charge >= 0.3 is 0 Å². The number of likely N-dealkylation sites (tertiary alicyclic amines) is 1. The SMILES string of the molecule is CCc1ccccc1NC(=O)CN1C(=O)[C@H]2CCCCN2c2ccc(C(=O)N3CCCCC3)cc21. The number of carbonyl (C=O) groups is 3. The van der Waals surface area contributed by atoms with Crippen LogP contribution in [0.3, 0.4) is 0 Å². The second kappa shape index (κ2) is 10.1. The van der Waals surface area contributed by atoms with Gasteiger partial charge in [0.2, 0.25) is 11.8 Å². The number of nitrogens with zero attached hydrogens (tertiary/aromatic N) is 3. The molecule has 5 rings (SSSR count). The summed E-state index contributed by atoms with van der Waals surface area (Å²) in [6.45, 7) is 4.33. The zero-order valence-electron chi connectivity index (χ0n) is 20.5. The maximum Gasteiger partial charge on any atom is 0.253 e. The van der Waals surface area contributed by atoms with Crippen molar-refractivity contribution in [3.05, 3.63) is 53.6 Å². The number of nitrogens with one attached hydrogen (secondary N) is 1. The van der Waals surface area contributed by atoms with Crippen LogP contribution in [0.4, 0.5) is 17.1 Å². The van der Waals surface area contributed by atoms with E-state index in [0.717, 1.165) is 81.5 Å². The Labute approximate surface area is 207 Å². The van der Waals surface area contributed by atoms with Crippen LogP contribution in [0.25, 0.3) is 0 Å². The fourth-order valence-electron chi connectivity index (χ4n) is 5.62. The first-order valence-corrected chi connectivity index (χ1v) is 13.0. The molecule has 1 atom stereocenters. The summed E-state index contributed by atoms with van der Waals surface area (Å²) >= 11 is 0. The largest absolute Gasteiger partial charge is 0.358 e. The molecule has 0 aliphatic carbocycles. The first-order valence-electron chi connectivity index (χ1n) is 13.0. The van der Waals surface area contributed by atoms with Crippen molar-refractivity contribution in [2.75, 3.05) is 41.3 Å². The topological polar surface area (TPSA) is 73.0 Å². The summed E-state index contributed by atoms with van der Waals surface area (Å²) in [4.78, 5) is 45.6. The molecule has 3 amide bonds. The van der Waals surface area contributed by atoms with Crippen molar-refractivity contribution in [2.24, 2.45) is 0 Å². The number of hydrogen-bond acceptors (Lipinski definition) is 4. The van der Waals surface area contributed by atoms with Gasteiger partial charge in [-0.1, -0.05) is 25.1 Å². The van der Waals surface area contributed by atoms with Gasteiger partial charge in [0.25, 0.3) is 5.91 Å². The van der Waals surface area contributed by atoms with Crippen LogP contribution in [-0.2, 0) is 16.0 Å². The Kier molecular flexibility index (Phi) is 6.75. The van der Waals surface area contributed by atoms with E-state index in [0.29, 0.717) is 11.3 Å². The minimum Gasteiger partial charge on any atom is -0.358 e. The first kappa shape index (κ1) is 23.4. The minimum absolute atomic E-state index is 0.00184. The predicted molar refractivity (Wildman–Crippen MR) is 138 cm³/mol. The molecule has 0 bridgehead atoms. The van der Waals surface area contributed by atoms with Crippen LogP contribution in [0.1, 0.15) is 61.4 Å². The highest BCUT2D eigenvalue weighted by atomic mass is 16.2. The van der Waals surface area contributed by atoms with E-state index in [9.17, 15) is 14.4 Å². The monoisotopic (exact) mass is 474 g/mol. The van der Waals surface area contributed by atoms with Crippen molar-refractivity contribution >= 4 is 34.8 Å². The van der Waals surface area contributed by atoms with Crippen molar-refractivity contribution in [1.82, 2.24) is 4.90 Å². The molecule has 2 aromatic carbocycles. The zero-order valence-corrected chi connectivity index (χ0v) is 20.5. The molecule has 3 aliphatic heterocycles. The van der Waals surface area contributed by atoms with E-state index in [4.69, 9.17) is 0 Å². The fourth-order valence-corrected chi connectivity index (χ4v) is 5.62. The zero-order chi connectivity index (χ0) is 24.4. The number of piperidine rings is 2. The van der Waals surface area contributed by atoms with Gasteiger partial charge in [-0.15, -0.1) is 0 Å². The van der Waals surface area contributed by atoms with Gasteiger partial charge in [0, 0.05) is 30.9 Å². The van der Waals surface area contributed by atoms with Crippen molar-refractivity contribution in [2.45, 2.75) is 57.9 Å². The molecular formula is C28H34N4O3. The highest BCUT2D eigenvalue weighted by Gasteiger charge is 2.40. The Morgan fingerprint density at radius 1 is 0.943 bits per heavy atom. The van der Waals surface area contributed by atoms with Gasteiger partial charge in [0.1, 0.15) is 12.6 Å². The summed E-state index contributed by atoms with van der Waals surface area (Å²) < 4.78 is 0. The highest BCUT2D eigenvalue weighted by molar-refractivity contribution is 6.11. The van der Waals surface area contributed by atoms with Crippen LogP contribution in [-0.4, -0.2) is 54.8 Å². The molecule has 0 radical (unpaired) electrons. The summed E-state index contributed by atoms with van der Waals surface area (Å²) in [6, 6.07) is 13.2. The lowest BCUT2D eigenvalue weighted by Crippen LogP contribution is -2.56. The average Bonchev–Trinajstić information content (AvgIpc) is 2.91. The third kappa shape index (κ3) is 4.64. The first-order chi connectivity index (χ1) is 17.1. The quantitative estimate of drug-likeness (QED) is 0.704. The van der Waals surface area contributed by atoms with Crippen LogP contribution in [0.2, 0.25) is 0 Å². The number of hydrogen-bond donors (Lipinski definition) is 1. The molecule has 0 saturated carbocycles. The summed E-state index contributed by atoms with van der Waals surface area (Å²) in [7, 11) is 0. The Balaban J connectivity index is 1.45. The number of amides is 3. The maximum atomic E-state index is 13.6. The maximum absolute atomic E-state index is 13.6. The van der Waals surface area contributed by atoms with Crippen LogP contribution < -0.4 is 15.1 Å². The second-order valence-electron chi connectivity index (χ2n) is 9.74. The summed E-state index contributed by atoms with van der Waals surface area (Å²) in [5, 5.41) is 3.00. The van der Waals surface area contributed by atoms with Crippen LogP contribution in [0.15, 0.2) is 42.5 Å². The highest BCUT2D eigenvalue weighted by Crippen LogP contribution is 2.40. The number of rotatable bonds is 5. The summed E-state index contributed by atoms with van der Waals surface area (Å²) in [5.41, 5.74) is 4.01. The molecule has 184 valence electrons. The minimum atomic E-state index is -0.254. The number of carbonyl (C=O) groups excluding carboxylic acids is 3. The van der Waals surface area contributed by atoms with E-state index in [1.807, 2.05) is 54.3 Å². The van der Waals surface area contributed by atoms with E-state index >= 15 is 0 Å². The molecule has 7 nitrogen and oxygen atoms in total. The van der Waals surface area contributed by atoms with Crippen molar-refractivity contribution in [1.29, 1.82) is 0 Å². The van der Waals surface area contributed by atoms with Crippen molar-refractivity contribution in [3.8, 4) is 0 Å². The van der Waals surface area contributed by atoms with E-state index < -0.39 is 0 Å². The van der Waals surface area contributed by atoms with Crippen LogP contribution in [0.5, 0.6) is 0 Å².